The summed E-state index contributed by atoms with van der Waals surface area (Å²) in [6, 6.07) is 22.0. The summed E-state index contributed by atoms with van der Waals surface area (Å²) in [5.41, 5.74) is 6.59. The van der Waals surface area contributed by atoms with Gasteiger partial charge in [0.1, 0.15) is 0 Å². The number of benzene rings is 2. The van der Waals surface area contributed by atoms with Gasteiger partial charge in [0.25, 0.3) is 0 Å². The van der Waals surface area contributed by atoms with Crippen molar-refractivity contribution in [3.8, 4) is 0 Å². The number of fused-ring (bicyclic) bond motifs is 1. The Hall–Kier alpha value is -1.99. The largest absolute Gasteiger partial charge is 1.00 e. The van der Waals surface area contributed by atoms with Crippen LogP contribution in [0.2, 0.25) is 0 Å². The molecule has 0 saturated carbocycles. The average Bonchev–Trinajstić information content (AvgIpc) is 3.36. The Labute approximate surface area is 255 Å². The summed E-state index contributed by atoms with van der Waals surface area (Å²) < 4.78 is 3.54. The molecule has 1 aliphatic rings. The van der Waals surface area contributed by atoms with Crippen molar-refractivity contribution in [2.24, 2.45) is 0 Å². The zero-order valence-electron chi connectivity index (χ0n) is 23.7. The zero-order valence-corrected chi connectivity index (χ0v) is 27.7. The molecule has 0 amide bonds. The van der Waals surface area contributed by atoms with Crippen LogP contribution in [-0.4, -0.2) is 63.1 Å². The van der Waals surface area contributed by atoms with Gasteiger partial charge in [-0.3, -0.25) is 0 Å². The van der Waals surface area contributed by atoms with Crippen molar-refractivity contribution in [1.82, 2.24) is 0 Å². The second kappa shape index (κ2) is 13.4. The molecule has 3 nitrogen and oxygen atoms in total. The van der Waals surface area contributed by atoms with Crippen LogP contribution in [0.15, 0.2) is 66.7 Å². The van der Waals surface area contributed by atoms with Crippen LogP contribution in [-0.2, 0) is 5.41 Å². The van der Waals surface area contributed by atoms with Gasteiger partial charge in [0.15, 0.2) is 12.3 Å². The van der Waals surface area contributed by atoms with Crippen LogP contribution in [0.3, 0.4) is 0 Å². The molecule has 2 heterocycles. The number of anilines is 1. The fourth-order valence-corrected chi connectivity index (χ4v) is 5.67. The molecule has 3 aromatic rings. The van der Waals surface area contributed by atoms with Gasteiger partial charge >= 0.3 is 0 Å². The Bertz CT molecular complexity index is 1290. The van der Waals surface area contributed by atoms with E-state index in [4.69, 9.17) is 0 Å². The number of hydrogen-bond acceptors (Lipinski definition) is 2. The van der Waals surface area contributed by atoms with Gasteiger partial charge in [-0.05, 0) is 55.8 Å². The van der Waals surface area contributed by atoms with Gasteiger partial charge in [-0.2, -0.15) is 4.58 Å². The van der Waals surface area contributed by atoms with E-state index < -0.39 is 0 Å². The van der Waals surface area contributed by atoms with Crippen LogP contribution in [0, 0.1) is 0 Å². The van der Waals surface area contributed by atoms with Crippen molar-refractivity contribution in [3.63, 3.8) is 0 Å². The van der Waals surface area contributed by atoms with Gasteiger partial charge in [0, 0.05) is 47.2 Å². The van der Waals surface area contributed by atoms with E-state index in [1.165, 1.54) is 38.0 Å². The predicted molar refractivity (Wildman–Crippen MR) is 160 cm³/mol. The van der Waals surface area contributed by atoms with Crippen LogP contribution in [0.1, 0.15) is 41.1 Å². The van der Waals surface area contributed by atoms with E-state index in [0.717, 1.165) is 24.0 Å². The molecule has 0 aliphatic carbocycles. The molecule has 204 valence electrons. The lowest BCUT2D eigenvalue weighted by Crippen LogP contribution is -3.00. The summed E-state index contributed by atoms with van der Waals surface area (Å²) in [5, 5.41) is 0. The average molecular weight is 660 g/mol. The number of allylic oxidation sites excluding steroid dienone is 1. The number of thiophene rings is 1. The highest BCUT2D eigenvalue weighted by molar-refractivity contribution is 7.13. The van der Waals surface area contributed by atoms with E-state index in [0.29, 0.717) is 0 Å². The van der Waals surface area contributed by atoms with E-state index in [1.807, 2.05) is 11.3 Å². The highest BCUT2D eigenvalue weighted by atomic mass is 79.9. The molecule has 1 aromatic heterocycles. The van der Waals surface area contributed by atoms with Crippen LogP contribution >= 0.6 is 11.3 Å². The van der Waals surface area contributed by atoms with E-state index in [-0.39, 0.29) is 39.4 Å². The first-order chi connectivity index (χ1) is 17.0. The summed E-state index contributed by atoms with van der Waals surface area (Å²) in [7, 11) is 11.0. The van der Waals surface area contributed by atoms with Gasteiger partial charge in [-0.25, -0.2) is 0 Å². The maximum atomic E-state index is 2.55. The Morgan fingerprint density at radius 2 is 1.42 bits per heavy atom. The van der Waals surface area contributed by atoms with E-state index in [1.54, 1.807) is 0 Å². The Morgan fingerprint density at radius 3 is 2.03 bits per heavy atom. The monoisotopic (exact) mass is 657 g/mol. The number of rotatable bonds is 9. The first kappa shape index (κ1) is 32.2. The maximum Gasteiger partial charge on any atom is 0.209 e. The second-order valence-electron chi connectivity index (χ2n) is 11.4. The van der Waals surface area contributed by atoms with Crippen molar-refractivity contribution < 1.29 is 43.0 Å². The molecular formula is C32H41Br2N3S. The Morgan fingerprint density at radius 1 is 0.816 bits per heavy atom. The van der Waals surface area contributed by atoms with Crippen molar-refractivity contribution in [2.45, 2.75) is 25.7 Å². The molecule has 0 atom stereocenters. The third-order valence-electron chi connectivity index (χ3n) is 6.91. The summed E-state index contributed by atoms with van der Waals surface area (Å²) in [5.74, 6) is 0. The summed E-state index contributed by atoms with van der Waals surface area (Å²) >= 11 is 1.83. The smallest absolute Gasteiger partial charge is 0.209 e. The van der Waals surface area contributed by atoms with Crippen molar-refractivity contribution >= 4 is 46.7 Å². The van der Waals surface area contributed by atoms with Gasteiger partial charge in [-0.15, -0.1) is 11.3 Å². The number of quaternary nitrogens is 1. The van der Waals surface area contributed by atoms with E-state index in [2.05, 4.69) is 144 Å². The molecule has 0 bridgehead atoms. The third kappa shape index (κ3) is 7.78. The van der Waals surface area contributed by atoms with Crippen LogP contribution in [0.4, 0.5) is 11.4 Å². The lowest BCUT2D eigenvalue weighted by Gasteiger charge is -2.23. The van der Waals surface area contributed by atoms with Crippen LogP contribution in [0.25, 0.3) is 18.2 Å². The first-order valence-electron chi connectivity index (χ1n) is 12.8. The summed E-state index contributed by atoms with van der Waals surface area (Å²) in [6.45, 7) is 6.92. The Balaban J connectivity index is 0.00000253. The fourth-order valence-electron chi connectivity index (χ4n) is 4.86. The SMILES string of the molecule is CN(C)c1ccc(/C=C/c2ccc(/C=C/C3=[N+](CCC[N+](C)(C)C)c4ccccc4C3(C)C)s2)cc1.[Br-].[Br-]. The molecule has 0 spiro atoms. The molecule has 0 N–H and O–H groups in total. The zero-order chi connectivity index (χ0) is 25.9. The first-order valence-corrected chi connectivity index (χ1v) is 13.6. The normalized spacial score (nSPS) is 14.5. The summed E-state index contributed by atoms with van der Waals surface area (Å²) in [6.07, 6.45) is 10.2. The quantitative estimate of drug-likeness (QED) is 0.247. The van der Waals surface area contributed by atoms with E-state index in [9.17, 15) is 0 Å². The molecule has 38 heavy (non-hydrogen) atoms. The molecule has 6 heteroatoms. The Kier molecular flexibility index (Phi) is 11.3. The maximum absolute atomic E-state index is 2.55. The van der Waals surface area contributed by atoms with Crippen molar-refractivity contribution in [1.29, 1.82) is 0 Å². The minimum absolute atomic E-state index is 0. The van der Waals surface area contributed by atoms with Gasteiger partial charge in [-0.1, -0.05) is 36.4 Å². The number of hydrogen-bond donors (Lipinski definition) is 0. The molecular weight excluding hydrogens is 618 g/mol. The molecule has 4 rings (SSSR count). The molecule has 0 fully saturated rings. The molecule has 0 saturated heterocycles. The number of halogens is 2. The van der Waals surface area contributed by atoms with Gasteiger partial charge in [0.2, 0.25) is 5.69 Å². The number of nitrogens with zero attached hydrogens (tertiary/aromatic N) is 3. The number of para-hydroxylation sites is 1. The van der Waals surface area contributed by atoms with Gasteiger partial charge < -0.3 is 43.3 Å². The minimum atomic E-state index is -0.0115. The lowest BCUT2D eigenvalue weighted by atomic mass is 9.81. The van der Waals surface area contributed by atoms with Crippen LogP contribution in [0.5, 0.6) is 0 Å². The highest BCUT2D eigenvalue weighted by Gasteiger charge is 2.43. The third-order valence-corrected chi connectivity index (χ3v) is 7.93. The fraction of sp³-hybridized carbons (Fsp3) is 0.344. The molecule has 2 aromatic carbocycles. The minimum Gasteiger partial charge on any atom is -1.00 e. The van der Waals surface area contributed by atoms with Gasteiger partial charge in [0.05, 0.1) is 39.5 Å². The summed E-state index contributed by atoms with van der Waals surface area (Å²) in [4.78, 5) is 4.67. The molecule has 0 unspecified atom stereocenters. The molecule has 0 radical (unpaired) electrons. The van der Waals surface area contributed by atoms with E-state index >= 15 is 0 Å². The topological polar surface area (TPSA) is 6.25 Å². The van der Waals surface area contributed by atoms with Crippen LogP contribution < -0.4 is 38.9 Å². The lowest BCUT2D eigenvalue weighted by molar-refractivity contribution is -0.871. The highest BCUT2D eigenvalue weighted by Crippen LogP contribution is 2.40. The van der Waals surface area contributed by atoms with Crippen molar-refractivity contribution in [3.05, 3.63) is 87.6 Å². The predicted octanol–water partition coefficient (Wildman–Crippen LogP) is 1.18. The second-order valence-corrected chi connectivity index (χ2v) is 12.6. The molecule has 1 aliphatic heterocycles. The standard InChI is InChI=1S/C32H41N3S.2BrH/c1-32(2)29-11-8-9-12-30(29)34(23-10-24-35(5,6)7)31(32)22-21-28-20-19-27(36-28)18-15-25-13-16-26(17-14-25)33(3)4;;/h8-9,11-22H,10,23-24H2,1-7H3;2*1H/q+2;;/p-2. The van der Waals surface area contributed by atoms with Crippen molar-refractivity contribution in [2.75, 3.05) is 53.2 Å².